The molecule has 2 unspecified atom stereocenters. The van der Waals surface area contributed by atoms with Gasteiger partial charge in [-0.3, -0.25) is 14.5 Å². The van der Waals surface area contributed by atoms with E-state index in [-0.39, 0.29) is 23.8 Å². The normalized spacial score (nSPS) is 23.8. The first-order valence-corrected chi connectivity index (χ1v) is 5.69. The number of likely N-dealkylation sites (N-methyl/N-ethyl adjacent to an activating group) is 1. The minimum absolute atomic E-state index is 0.0875. The van der Waals surface area contributed by atoms with Crippen molar-refractivity contribution in [2.45, 2.75) is 32.4 Å². The minimum atomic E-state index is -0.343. The van der Waals surface area contributed by atoms with Crippen molar-refractivity contribution in [3.8, 4) is 0 Å². The number of ether oxygens (including phenoxy) is 1. The Balaban J connectivity index is 2.73. The molecule has 1 N–H and O–H groups in total. The molecule has 0 spiro atoms. The van der Waals surface area contributed by atoms with Crippen LogP contribution in [0.2, 0.25) is 0 Å². The molecule has 2 atom stereocenters. The Morgan fingerprint density at radius 3 is 2.81 bits per heavy atom. The van der Waals surface area contributed by atoms with Gasteiger partial charge in [0, 0.05) is 20.0 Å². The van der Waals surface area contributed by atoms with Crippen LogP contribution in [0.4, 0.5) is 0 Å². The van der Waals surface area contributed by atoms with Crippen molar-refractivity contribution in [1.29, 1.82) is 0 Å². The molecule has 1 heterocycles. The van der Waals surface area contributed by atoms with Crippen LogP contribution in [0.5, 0.6) is 0 Å². The highest BCUT2D eigenvalue weighted by Gasteiger charge is 2.33. The van der Waals surface area contributed by atoms with Gasteiger partial charge in [-0.1, -0.05) is 6.92 Å². The molecular weight excluding hydrogens is 208 g/mol. The van der Waals surface area contributed by atoms with Crippen molar-refractivity contribution in [2.24, 2.45) is 0 Å². The van der Waals surface area contributed by atoms with Gasteiger partial charge in [0.15, 0.2) is 0 Å². The van der Waals surface area contributed by atoms with Crippen molar-refractivity contribution in [3.63, 3.8) is 0 Å². The monoisotopic (exact) mass is 228 g/mol. The fourth-order valence-electron chi connectivity index (χ4n) is 1.95. The average molecular weight is 228 g/mol. The molecule has 92 valence electrons. The molecular formula is C11H20N2O3. The summed E-state index contributed by atoms with van der Waals surface area (Å²) in [6.07, 6.45) is 0.499. The Morgan fingerprint density at radius 2 is 2.25 bits per heavy atom. The van der Waals surface area contributed by atoms with E-state index in [4.69, 9.17) is 4.74 Å². The molecule has 1 aliphatic rings. The predicted octanol–water partition coefficient (Wildman–Crippen LogP) is -0.199. The molecule has 1 rings (SSSR count). The van der Waals surface area contributed by atoms with E-state index in [1.54, 1.807) is 7.05 Å². The SMILES string of the molecule is CCC(=O)C(C)N1CCOCC1C(=O)NC. The lowest BCUT2D eigenvalue weighted by molar-refractivity contribution is -0.138. The molecule has 0 radical (unpaired) electrons. The number of hydrogen-bond donors (Lipinski definition) is 1. The van der Waals surface area contributed by atoms with Crippen LogP contribution in [0.1, 0.15) is 20.3 Å². The number of morpholine rings is 1. The van der Waals surface area contributed by atoms with Crippen molar-refractivity contribution in [3.05, 3.63) is 0 Å². The van der Waals surface area contributed by atoms with E-state index in [9.17, 15) is 9.59 Å². The number of carbonyl (C=O) groups excluding carboxylic acids is 2. The molecule has 1 aliphatic heterocycles. The summed E-state index contributed by atoms with van der Waals surface area (Å²) in [6, 6.07) is -0.555. The molecule has 5 heteroatoms. The van der Waals surface area contributed by atoms with Crippen LogP contribution in [-0.4, -0.2) is 55.5 Å². The molecule has 1 saturated heterocycles. The zero-order chi connectivity index (χ0) is 12.1. The average Bonchev–Trinajstić information content (AvgIpc) is 2.35. The maximum absolute atomic E-state index is 11.7. The van der Waals surface area contributed by atoms with E-state index in [1.165, 1.54) is 0 Å². The van der Waals surface area contributed by atoms with E-state index in [0.717, 1.165) is 0 Å². The largest absolute Gasteiger partial charge is 0.378 e. The quantitative estimate of drug-likeness (QED) is 0.724. The third-order valence-corrected chi connectivity index (χ3v) is 3.03. The van der Waals surface area contributed by atoms with Gasteiger partial charge in [0.1, 0.15) is 11.8 Å². The van der Waals surface area contributed by atoms with Crippen LogP contribution < -0.4 is 5.32 Å². The van der Waals surface area contributed by atoms with Crippen molar-refractivity contribution in [1.82, 2.24) is 10.2 Å². The summed E-state index contributed by atoms with van der Waals surface area (Å²) in [7, 11) is 1.60. The fraction of sp³-hybridized carbons (Fsp3) is 0.818. The maximum atomic E-state index is 11.7. The van der Waals surface area contributed by atoms with Gasteiger partial charge in [0.25, 0.3) is 0 Å². The van der Waals surface area contributed by atoms with Crippen LogP contribution in [0.25, 0.3) is 0 Å². The van der Waals surface area contributed by atoms with Gasteiger partial charge in [-0.15, -0.1) is 0 Å². The maximum Gasteiger partial charge on any atom is 0.239 e. The number of nitrogens with one attached hydrogen (secondary N) is 1. The Hall–Kier alpha value is -0.940. The molecule has 1 amide bonds. The smallest absolute Gasteiger partial charge is 0.239 e. The highest BCUT2D eigenvalue weighted by atomic mass is 16.5. The van der Waals surface area contributed by atoms with Crippen molar-refractivity contribution in [2.75, 3.05) is 26.8 Å². The predicted molar refractivity (Wildman–Crippen MR) is 60.1 cm³/mol. The van der Waals surface area contributed by atoms with Crippen LogP contribution in [-0.2, 0) is 14.3 Å². The van der Waals surface area contributed by atoms with E-state index in [1.807, 2.05) is 18.7 Å². The van der Waals surface area contributed by atoms with Crippen molar-refractivity contribution >= 4 is 11.7 Å². The fourth-order valence-corrected chi connectivity index (χ4v) is 1.95. The summed E-state index contributed by atoms with van der Waals surface area (Å²) in [6.45, 7) is 5.27. The molecule has 0 saturated carbocycles. The second-order valence-electron chi connectivity index (χ2n) is 3.94. The summed E-state index contributed by atoms with van der Waals surface area (Å²) in [5.74, 6) is 0.0752. The summed E-state index contributed by atoms with van der Waals surface area (Å²) in [4.78, 5) is 25.2. The van der Waals surface area contributed by atoms with Gasteiger partial charge < -0.3 is 10.1 Å². The minimum Gasteiger partial charge on any atom is -0.378 e. The zero-order valence-electron chi connectivity index (χ0n) is 10.2. The van der Waals surface area contributed by atoms with Gasteiger partial charge in [-0.05, 0) is 6.92 Å². The molecule has 0 aliphatic carbocycles. The Morgan fingerprint density at radius 1 is 1.56 bits per heavy atom. The number of nitrogens with zero attached hydrogens (tertiary/aromatic N) is 1. The summed E-state index contributed by atoms with van der Waals surface area (Å²) in [5.41, 5.74) is 0. The van der Waals surface area contributed by atoms with Gasteiger partial charge >= 0.3 is 0 Å². The van der Waals surface area contributed by atoms with Gasteiger partial charge in [0.2, 0.25) is 5.91 Å². The Labute approximate surface area is 96.1 Å². The molecule has 0 bridgehead atoms. The number of amides is 1. The lowest BCUT2D eigenvalue weighted by Crippen LogP contribution is -2.57. The van der Waals surface area contributed by atoms with E-state index in [2.05, 4.69) is 5.32 Å². The second kappa shape index (κ2) is 5.96. The summed E-state index contributed by atoms with van der Waals surface area (Å²) in [5, 5.41) is 2.60. The standard InChI is InChI=1S/C11H20N2O3/c1-4-10(14)8(2)13-5-6-16-7-9(13)11(15)12-3/h8-9H,4-7H2,1-3H3,(H,12,15). The molecule has 0 aromatic rings. The molecule has 0 aromatic carbocycles. The number of rotatable bonds is 4. The number of carbonyl (C=O) groups is 2. The first-order valence-electron chi connectivity index (χ1n) is 5.69. The number of Topliss-reactive ketones (excluding diaryl/α,β-unsaturated/α-hetero) is 1. The topological polar surface area (TPSA) is 58.6 Å². The summed E-state index contributed by atoms with van der Waals surface area (Å²) >= 11 is 0. The van der Waals surface area contributed by atoms with Crippen LogP contribution in [0.3, 0.4) is 0 Å². The van der Waals surface area contributed by atoms with Gasteiger partial charge in [-0.2, -0.15) is 0 Å². The number of ketones is 1. The molecule has 1 fully saturated rings. The van der Waals surface area contributed by atoms with Gasteiger partial charge in [0.05, 0.1) is 19.3 Å². The van der Waals surface area contributed by atoms with E-state index in [0.29, 0.717) is 26.2 Å². The van der Waals surface area contributed by atoms with Gasteiger partial charge in [-0.25, -0.2) is 0 Å². The highest BCUT2D eigenvalue weighted by Crippen LogP contribution is 2.13. The van der Waals surface area contributed by atoms with E-state index >= 15 is 0 Å². The lowest BCUT2D eigenvalue weighted by Gasteiger charge is -2.37. The van der Waals surface area contributed by atoms with Crippen molar-refractivity contribution < 1.29 is 14.3 Å². The third kappa shape index (κ3) is 2.80. The Kier molecular flexibility index (Phi) is 4.89. The van der Waals surface area contributed by atoms with Crippen LogP contribution >= 0.6 is 0 Å². The lowest BCUT2D eigenvalue weighted by atomic mass is 10.1. The first kappa shape index (κ1) is 13.1. The highest BCUT2D eigenvalue weighted by molar-refractivity contribution is 5.86. The molecule has 0 aromatic heterocycles. The summed E-state index contributed by atoms with van der Waals surface area (Å²) < 4.78 is 5.29. The molecule has 16 heavy (non-hydrogen) atoms. The second-order valence-corrected chi connectivity index (χ2v) is 3.94. The zero-order valence-corrected chi connectivity index (χ0v) is 10.2. The van der Waals surface area contributed by atoms with E-state index < -0.39 is 0 Å². The Bertz CT molecular complexity index is 268. The van der Waals surface area contributed by atoms with Crippen LogP contribution in [0, 0.1) is 0 Å². The van der Waals surface area contributed by atoms with Crippen LogP contribution in [0.15, 0.2) is 0 Å². The number of hydrogen-bond acceptors (Lipinski definition) is 4. The molecule has 5 nitrogen and oxygen atoms in total. The third-order valence-electron chi connectivity index (χ3n) is 3.03. The first-order chi connectivity index (χ1) is 7.61.